The molecule has 0 amide bonds. The second kappa shape index (κ2) is 7.14. The molecule has 2 aromatic carbocycles. The van der Waals surface area contributed by atoms with E-state index in [0.29, 0.717) is 28.1 Å². The lowest BCUT2D eigenvalue weighted by atomic mass is 10.2. The first-order chi connectivity index (χ1) is 11.2. The quantitative estimate of drug-likeness (QED) is 0.703. The molecule has 1 aromatic heterocycles. The predicted octanol–water partition coefficient (Wildman–Crippen LogP) is 5.07. The molecule has 0 aliphatic heterocycles. The van der Waals surface area contributed by atoms with Crippen molar-refractivity contribution in [3.63, 3.8) is 0 Å². The van der Waals surface area contributed by atoms with E-state index in [-0.39, 0.29) is 0 Å². The maximum absolute atomic E-state index is 8.83. The van der Waals surface area contributed by atoms with Crippen LogP contribution in [0.2, 0.25) is 4.47 Å². The number of aromatic nitrogens is 1. The Morgan fingerprint density at radius 1 is 1.17 bits per heavy atom. The summed E-state index contributed by atoms with van der Waals surface area (Å²) >= 11 is 7.28. The number of benzene rings is 2. The Morgan fingerprint density at radius 3 is 2.65 bits per heavy atom. The summed E-state index contributed by atoms with van der Waals surface area (Å²) in [7, 11) is 0. The van der Waals surface area contributed by atoms with Gasteiger partial charge in [-0.2, -0.15) is 5.26 Å². The fourth-order valence-electron chi connectivity index (χ4n) is 1.97. The van der Waals surface area contributed by atoms with E-state index in [0.717, 1.165) is 10.6 Å². The number of hydrogen-bond acceptors (Lipinski definition) is 5. The highest BCUT2D eigenvalue weighted by molar-refractivity contribution is 7.15. The molecule has 23 heavy (non-hydrogen) atoms. The van der Waals surface area contributed by atoms with Gasteiger partial charge in [0.25, 0.3) is 0 Å². The number of anilines is 1. The van der Waals surface area contributed by atoms with Crippen LogP contribution in [-0.2, 0) is 6.54 Å². The smallest absolute Gasteiger partial charge is 0.183 e. The van der Waals surface area contributed by atoms with E-state index in [2.05, 4.69) is 16.4 Å². The first kappa shape index (κ1) is 15.3. The minimum atomic E-state index is 0.531. The molecule has 1 N–H and O–H groups in total. The van der Waals surface area contributed by atoms with Crippen LogP contribution in [0.1, 0.15) is 10.4 Å². The summed E-state index contributed by atoms with van der Waals surface area (Å²) in [6.45, 7) is 0.623. The number of nitriles is 1. The van der Waals surface area contributed by atoms with Gasteiger partial charge in [-0.1, -0.05) is 23.7 Å². The number of hydrogen-bond donors (Lipinski definition) is 1. The van der Waals surface area contributed by atoms with E-state index in [9.17, 15) is 0 Å². The van der Waals surface area contributed by atoms with Gasteiger partial charge in [-0.15, -0.1) is 11.3 Å². The van der Waals surface area contributed by atoms with Crippen molar-refractivity contribution < 1.29 is 4.74 Å². The number of thiazole rings is 1. The molecule has 0 saturated carbocycles. The van der Waals surface area contributed by atoms with Crippen LogP contribution in [0.4, 0.5) is 5.69 Å². The molecule has 0 aliphatic rings. The Morgan fingerprint density at radius 2 is 1.96 bits per heavy atom. The van der Waals surface area contributed by atoms with Crippen LogP contribution in [0.25, 0.3) is 0 Å². The zero-order valence-corrected chi connectivity index (χ0v) is 13.6. The van der Waals surface area contributed by atoms with Crippen LogP contribution in [-0.4, -0.2) is 4.98 Å². The summed E-state index contributed by atoms with van der Waals surface area (Å²) in [5, 5.41) is 12.1. The van der Waals surface area contributed by atoms with E-state index in [1.165, 1.54) is 11.3 Å². The van der Waals surface area contributed by atoms with Gasteiger partial charge in [0, 0.05) is 11.1 Å². The molecule has 0 radical (unpaired) electrons. The molecule has 0 unspecified atom stereocenters. The zero-order chi connectivity index (χ0) is 16.1. The molecule has 0 spiro atoms. The lowest BCUT2D eigenvalue weighted by molar-refractivity contribution is 0.484. The first-order valence-electron chi connectivity index (χ1n) is 6.86. The predicted molar refractivity (Wildman–Crippen MR) is 92.1 cm³/mol. The van der Waals surface area contributed by atoms with Crippen LogP contribution in [0, 0.1) is 11.3 Å². The average molecular weight is 342 g/mol. The highest BCUT2D eigenvalue weighted by Crippen LogP contribution is 2.30. The highest BCUT2D eigenvalue weighted by atomic mass is 35.5. The van der Waals surface area contributed by atoms with Gasteiger partial charge in [-0.3, -0.25) is 0 Å². The molecule has 0 fully saturated rings. The molecule has 6 heteroatoms. The summed E-state index contributed by atoms with van der Waals surface area (Å²) in [6, 6.07) is 16.8. The topological polar surface area (TPSA) is 57.9 Å². The van der Waals surface area contributed by atoms with Gasteiger partial charge >= 0.3 is 0 Å². The van der Waals surface area contributed by atoms with Crippen molar-refractivity contribution in [1.29, 1.82) is 5.26 Å². The molecular formula is C17H12ClN3OS. The van der Waals surface area contributed by atoms with Gasteiger partial charge in [0.05, 0.1) is 23.9 Å². The lowest BCUT2D eigenvalue weighted by Crippen LogP contribution is -1.99. The summed E-state index contributed by atoms with van der Waals surface area (Å²) in [6.07, 6.45) is 1.75. The van der Waals surface area contributed by atoms with E-state index in [1.54, 1.807) is 30.5 Å². The maximum atomic E-state index is 8.83. The third-order valence-corrected chi connectivity index (χ3v) is 4.19. The molecule has 1 heterocycles. The molecule has 114 valence electrons. The van der Waals surface area contributed by atoms with Crippen molar-refractivity contribution >= 4 is 28.6 Å². The van der Waals surface area contributed by atoms with Crippen molar-refractivity contribution in [3.05, 3.63) is 69.6 Å². The Bertz CT molecular complexity index is 840. The average Bonchev–Trinajstić information content (AvgIpc) is 3.00. The minimum Gasteiger partial charge on any atom is -0.455 e. The molecular weight excluding hydrogens is 330 g/mol. The normalized spacial score (nSPS) is 10.1. The van der Waals surface area contributed by atoms with Gasteiger partial charge in [0.2, 0.25) is 0 Å². The molecule has 0 bridgehead atoms. The monoisotopic (exact) mass is 341 g/mol. The first-order valence-corrected chi connectivity index (χ1v) is 8.05. The maximum Gasteiger partial charge on any atom is 0.183 e. The Kier molecular flexibility index (Phi) is 4.77. The van der Waals surface area contributed by atoms with Gasteiger partial charge < -0.3 is 10.1 Å². The fraction of sp³-hybridized carbons (Fsp3) is 0.0588. The second-order valence-electron chi connectivity index (χ2n) is 4.67. The van der Waals surface area contributed by atoms with Crippen LogP contribution < -0.4 is 10.1 Å². The largest absolute Gasteiger partial charge is 0.455 e. The minimum absolute atomic E-state index is 0.531. The van der Waals surface area contributed by atoms with E-state index in [1.807, 2.05) is 24.3 Å². The van der Waals surface area contributed by atoms with E-state index < -0.39 is 0 Å². The molecule has 3 rings (SSSR count). The number of nitrogens with zero attached hydrogens (tertiary/aromatic N) is 2. The van der Waals surface area contributed by atoms with E-state index in [4.69, 9.17) is 21.6 Å². The summed E-state index contributed by atoms with van der Waals surface area (Å²) in [5.74, 6) is 1.40. The Balaban J connectivity index is 1.73. The van der Waals surface area contributed by atoms with E-state index >= 15 is 0 Å². The Hall–Kier alpha value is -2.55. The molecule has 0 atom stereocenters. The summed E-state index contributed by atoms with van der Waals surface area (Å²) in [4.78, 5) is 5.07. The standard InChI is InChI=1S/C17H12ClN3OS/c18-17-21-11-14(23-17)10-20-15-3-1-2-4-16(15)22-13-7-5-12(9-19)6-8-13/h1-8,11,20H,10H2. The number of para-hydroxylation sites is 2. The van der Waals surface area contributed by atoms with Crippen LogP contribution >= 0.6 is 22.9 Å². The SMILES string of the molecule is N#Cc1ccc(Oc2ccccc2NCc2cnc(Cl)s2)cc1. The van der Waals surface area contributed by atoms with Crippen LogP contribution in [0.5, 0.6) is 11.5 Å². The molecule has 4 nitrogen and oxygen atoms in total. The molecule has 0 aliphatic carbocycles. The third kappa shape index (κ3) is 4.01. The number of rotatable bonds is 5. The van der Waals surface area contributed by atoms with Crippen molar-refractivity contribution in [2.45, 2.75) is 6.54 Å². The fourth-order valence-corrected chi connectivity index (χ4v) is 2.89. The van der Waals surface area contributed by atoms with Crippen molar-refractivity contribution in [3.8, 4) is 17.6 Å². The second-order valence-corrected chi connectivity index (χ2v) is 6.36. The molecule has 3 aromatic rings. The van der Waals surface area contributed by atoms with Gasteiger partial charge in [-0.25, -0.2) is 4.98 Å². The van der Waals surface area contributed by atoms with Gasteiger partial charge in [0.1, 0.15) is 5.75 Å². The Labute approximate surface area is 142 Å². The summed E-state index contributed by atoms with van der Waals surface area (Å²) in [5.41, 5.74) is 1.48. The van der Waals surface area contributed by atoms with Crippen molar-refractivity contribution in [2.75, 3.05) is 5.32 Å². The third-order valence-electron chi connectivity index (χ3n) is 3.08. The number of halogens is 1. The van der Waals surface area contributed by atoms with Gasteiger partial charge in [-0.05, 0) is 36.4 Å². The van der Waals surface area contributed by atoms with Crippen molar-refractivity contribution in [2.24, 2.45) is 0 Å². The van der Waals surface area contributed by atoms with Gasteiger partial charge in [0.15, 0.2) is 10.2 Å². The molecule has 0 saturated heterocycles. The lowest BCUT2D eigenvalue weighted by Gasteiger charge is -2.12. The van der Waals surface area contributed by atoms with Crippen molar-refractivity contribution in [1.82, 2.24) is 4.98 Å². The van der Waals surface area contributed by atoms with Crippen LogP contribution in [0.3, 0.4) is 0 Å². The number of nitrogens with one attached hydrogen (secondary N) is 1. The zero-order valence-electron chi connectivity index (χ0n) is 12.0. The summed E-state index contributed by atoms with van der Waals surface area (Å²) < 4.78 is 6.42. The van der Waals surface area contributed by atoms with Crippen LogP contribution in [0.15, 0.2) is 54.7 Å². The highest BCUT2D eigenvalue weighted by Gasteiger charge is 2.06. The number of ether oxygens (including phenoxy) is 1.